The predicted octanol–water partition coefficient (Wildman–Crippen LogP) is 4.23. The summed E-state index contributed by atoms with van der Waals surface area (Å²) >= 11 is 6.04. The Bertz CT molecular complexity index is 1160. The Labute approximate surface area is 180 Å². The number of anilines is 2. The van der Waals surface area contributed by atoms with Gasteiger partial charge in [-0.15, -0.1) is 0 Å². The van der Waals surface area contributed by atoms with Crippen molar-refractivity contribution in [1.29, 1.82) is 0 Å². The van der Waals surface area contributed by atoms with Gasteiger partial charge >= 0.3 is 5.69 Å². The predicted molar refractivity (Wildman–Crippen MR) is 121 cm³/mol. The Morgan fingerprint density at radius 3 is 2.87 bits per heavy atom. The van der Waals surface area contributed by atoms with E-state index in [1.54, 1.807) is 12.1 Å². The molecule has 1 N–H and O–H groups in total. The second-order valence-electron chi connectivity index (χ2n) is 8.02. The normalized spacial score (nSPS) is 16.6. The van der Waals surface area contributed by atoms with Crippen molar-refractivity contribution in [2.45, 2.75) is 33.2 Å². The highest BCUT2D eigenvalue weighted by atomic mass is 35.5. The molecule has 0 bridgehead atoms. The van der Waals surface area contributed by atoms with Gasteiger partial charge in [-0.3, -0.25) is 9.36 Å². The number of rotatable bonds is 4. The van der Waals surface area contributed by atoms with Crippen molar-refractivity contribution in [2.75, 3.05) is 23.3 Å². The lowest BCUT2D eigenvalue weighted by atomic mass is 10.00. The van der Waals surface area contributed by atoms with Crippen LogP contribution in [0.2, 0.25) is 5.02 Å². The third kappa shape index (κ3) is 4.19. The van der Waals surface area contributed by atoms with Gasteiger partial charge in [0.2, 0.25) is 5.91 Å². The molecule has 6 nitrogen and oxygen atoms in total. The molecular weight excluding hydrogens is 400 g/mol. The number of piperidine rings is 1. The summed E-state index contributed by atoms with van der Waals surface area (Å²) in [6.07, 6.45) is 2.27. The molecule has 0 radical (unpaired) electrons. The van der Waals surface area contributed by atoms with Gasteiger partial charge in [-0.2, -0.15) is 4.98 Å². The second kappa shape index (κ2) is 8.48. The van der Waals surface area contributed by atoms with E-state index in [2.05, 4.69) is 22.1 Å². The van der Waals surface area contributed by atoms with E-state index in [4.69, 9.17) is 11.6 Å². The van der Waals surface area contributed by atoms with Gasteiger partial charge < -0.3 is 10.2 Å². The van der Waals surface area contributed by atoms with Crippen molar-refractivity contribution < 1.29 is 4.79 Å². The first-order valence-corrected chi connectivity index (χ1v) is 10.6. The maximum Gasteiger partial charge on any atom is 0.350 e. The molecule has 1 aliphatic rings. The number of para-hydroxylation sites is 1. The number of aryl methyl sites for hydroxylation is 1. The van der Waals surface area contributed by atoms with Gasteiger partial charge in [0, 0.05) is 29.2 Å². The van der Waals surface area contributed by atoms with Crippen LogP contribution in [0.25, 0.3) is 10.9 Å². The molecule has 1 unspecified atom stereocenters. The molecule has 1 atom stereocenters. The highest BCUT2D eigenvalue weighted by Gasteiger charge is 2.22. The van der Waals surface area contributed by atoms with E-state index in [1.165, 1.54) is 11.0 Å². The van der Waals surface area contributed by atoms with E-state index in [0.717, 1.165) is 30.5 Å². The molecule has 1 aliphatic heterocycles. The minimum Gasteiger partial charge on any atom is -0.356 e. The van der Waals surface area contributed by atoms with Gasteiger partial charge in [0.05, 0.1) is 5.52 Å². The van der Waals surface area contributed by atoms with E-state index >= 15 is 0 Å². The molecule has 1 saturated heterocycles. The van der Waals surface area contributed by atoms with Crippen LogP contribution in [0, 0.1) is 12.8 Å². The van der Waals surface area contributed by atoms with Crippen LogP contribution in [0.4, 0.5) is 11.5 Å². The van der Waals surface area contributed by atoms with E-state index in [-0.39, 0.29) is 12.5 Å². The van der Waals surface area contributed by atoms with E-state index < -0.39 is 5.69 Å². The highest BCUT2D eigenvalue weighted by Crippen LogP contribution is 2.27. The number of carbonyl (C=O) groups is 1. The Hall–Kier alpha value is -2.86. The van der Waals surface area contributed by atoms with Gasteiger partial charge in [-0.1, -0.05) is 36.7 Å². The molecule has 1 amide bonds. The topological polar surface area (TPSA) is 67.2 Å². The lowest BCUT2D eigenvalue weighted by Crippen LogP contribution is -2.38. The molecule has 4 rings (SSSR count). The van der Waals surface area contributed by atoms with E-state index in [1.807, 2.05) is 37.3 Å². The molecule has 0 spiro atoms. The number of fused-ring (bicyclic) bond motifs is 1. The summed E-state index contributed by atoms with van der Waals surface area (Å²) in [5.41, 5.74) is 1.83. The van der Waals surface area contributed by atoms with E-state index in [0.29, 0.717) is 28.0 Å². The number of nitrogens with zero attached hydrogens (tertiary/aromatic N) is 3. The SMILES string of the molecule is Cc1ccc(Cl)cc1NC(=O)Cn1c(=O)nc(N2CCCC(C)C2)c2ccccc21. The number of amides is 1. The van der Waals surface area contributed by atoms with Gasteiger partial charge in [-0.05, 0) is 55.5 Å². The monoisotopic (exact) mass is 424 g/mol. The Balaban J connectivity index is 1.67. The van der Waals surface area contributed by atoms with Crippen LogP contribution < -0.4 is 15.9 Å². The van der Waals surface area contributed by atoms with Crippen LogP contribution in [0.5, 0.6) is 0 Å². The summed E-state index contributed by atoms with van der Waals surface area (Å²) in [6, 6.07) is 13.0. The Morgan fingerprint density at radius 1 is 1.27 bits per heavy atom. The molecule has 1 fully saturated rings. The van der Waals surface area contributed by atoms with Crippen molar-refractivity contribution in [3.63, 3.8) is 0 Å². The Kier molecular flexibility index (Phi) is 5.77. The molecule has 2 heterocycles. The van der Waals surface area contributed by atoms with Crippen LogP contribution >= 0.6 is 11.6 Å². The fraction of sp³-hybridized carbons (Fsp3) is 0.348. The molecule has 3 aromatic rings. The zero-order valence-electron chi connectivity index (χ0n) is 17.2. The second-order valence-corrected chi connectivity index (χ2v) is 8.46. The summed E-state index contributed by atoms with van der Waals surface area (Å²) in [4.78, 5) is 32.2. The molecule has 156 valence electrons. The maximum atomic E-state index is 12.9. The average Bonchev–Trinajstić information content (AvgIpc) is 2.72. The van der Waals surface area contributed by atoms with Crippen LogP contribution in [-0.4, -0.2) is 28.5 Å². The molecule has 30 heavy (non-hydrogen) atoms. The lowest BCUT2D eigenvalue weighted by Gasteiger charge is -2.32. The molecule has 0 saturated carbocycles. The van der Waals surface area contributed by atoms with Crippen LogP contribution in [-0.2, 0) is 11.3 Å². The number of nitrogens with one attached hydrogen (secondary N) is 1. The van der Waals surface area contributed by atoms with Crippen molar-refractivity contribution in [2.24, 2.45) is 5.92 Å². The number of hydrogen-bond acceptors (Lipinski definition) is 4. The fourth-order valence-electron chi connectivity index (χ4n) is 4.05. The first-order chi connectivity index (χ1) is 14.4. The van der Waals surface area contributed by atoms with Crippen LogP contribution in [0.3, 0.4) is 0 Å². The highest BCUT2D eigenvalue weighted by molar-refractivity contribution is 6.31. The zero-order valence-corrected chi connectivity index (χ0v) is 17.9. The number of halogens is 1. The van der Waals surface area contributed by atoms with Gasteiger partial charge in [0.25, 0.3) is 0 Å². The summed E-state index contributed by atoms with van der Waals surface area (Å²) in [7, 11) is 0. The summed E-state index contributed by atoms with van der Waals surface area (Å²) in [5.74, 6) is 0.978. The van der Waals surface area contributed by atoms with Gasteiger partial charge in [-0.25, -0.2) is 4.79 Å². The summed E-state index contributed by atoms with van der Waals surface area (Å²) in [5, 5.41) is 4.28. The Morgan fingerprint density at radius 2 is 2.07 bits per heavy atom. The molecular formula is C23H25ClN4O2. The van der Waals surface area contributed by atoms with Crippen molar-refractivity contribution >= 4 is 39.9 Å². The first-order valence-electron chi connectivity index (χ1n) is 10.2. The number of aromatic nitrogens is 2. The number of benzene rings is 2. The van der Waals surface area contributed by atoms with Crippen molar-refractivity contribution in [3.8, 4) is 0 Å². The number of hydrogen-bond donors (Lipinski definition) is 1. The molecule has 7 heteroatoms. The van der Waals surface area contributed by atoms with Crippen molar-refractivity contribution in [1.82, 2.24) is 9.55 Å². The standard InChI is InChI=1S/C23H25ClN4O2/c1-15-6-5-11-27(13-15)22-18-7-3-4-8-20(18)28(23(30)26-22)14-21(29)25-19-12-17(24)10-9-16(19)2/h3-4,7-10,12,15H,5-6,11,13-14H2,1-2H3,(H,25,29). The smallest absolute Gasteiger partial charge is 0.350 e. The largest absolute Gasteiger partial charge is 0.356 e. The van der Waals surface area contributed by atoms with Crippen LogP contribution in [0.15, 0.2) is 47.3 Å². The lowest BCUT2D eigenvalue weighted by molar-refractivity contribution is -0.116. The third-order valence-corrected chi connectivity index (χ3v) is 5.84. The summed E-state index contributed by atoms with van der Waals surface area (Å²) < 4.78 is 1.43. The minimum absolute atomic E-state index is 0.116. The molecule has 2 aromatic carbocycles. The number of carbonyl (C=O) groups excluding carboxylic acids is 1. The summed E-state index contributed by atoms with van der Waals surface area (Å²) in [6.45, 7) is 5.77. The zero-order chi connectivity index (χ0) is 21.3. The van der Waals surface area contributed by atoms with Gasteiger partial charge in [0.15, 0.2) is 0 Å². The third-order valence-electron chi connectivity index (χ3n) is 5.60. The van der Waals surface area contributed by atoms with Crippen molar-refractivity contribution in [3.05, 3.63) is 63.5 Å². The van der Waals surface area contributed by atoms with Gasteiger partial charge in [0.1, 0.15) is 12.4 Å². The van der Waals surface area contributed by atoms with E-state index in [9.17, 15) is 9.59 Å². The average molecular weight is 425 g/mol. The quantitative estimate of drug-likeness (QED) is 0.680. The first kappa shape index (κ1) is 20.4. The molecule has 0 aliphatic carbocycles. The van der Waals surface area contributed by atoms with Crippen LogP contribution in [0.1, 0.15) is 25.3 Å². The fourth-order valence-corrected chi connectivity index (χ4v) is 4.22. The maximum absolute atomic E-state index is 12.9. The molecule has 1 aromatic heterocycles. The minimum atomic E-state index is -0.417.